The molecule has 0 atom stereocenters. The molecule has 0 aliphatic rings. The largest absolute Gasteiger partial charge is 0.380 e. The van der Waals surface area contributed by atoms with Gasteiger partial charge in [0.15, 0.2) is 17.3 Å². The molecule has 0 aliphatic carbocycles. The SMILES string of the molecule is N/C(=N/N=C\c1c(Cl)cccc1Cl)c1nonc1N. The zero-order valence-corrected chi connectivity index (χ0v) is 10.9. The highest BCUT2D eigenvalue weighted by Gasteiger charge is 2.10. The van der Waals surface area contributed by atoms with E-state index in [9.17, 15) is 0 Å². The van der Waals surface area contributed by atoms with Gasteiger partial charge in [0.05, 0.1) is 16.3 Å². The molecule has 0 radical (unpaired) electrons. The monoisotopic (exact) mass is 298 g/mol. The normalized spacial score (nSPS) is 12.2. The van der Waals surface area contributed by atoms with Gasteiger partial charge in [0, 0.05) is 5.56 Å². The van der Waals surface area contributed by atoms with E-state index in [4.69, 9.17) is 34.7 Å². The van der Waals surface area contributed by atoms with Crippen molar-refractivity contribution >= 4 is 41.1 Å². The zero-order chi connectivity index (χ0) is 13.8. The summed E-state index contributed by atoms with van der Waals surface area (Å²) in [4.78, 5) is 0. The minimum Gasteiger partial charge on any atom is -0.380 e. The fourth-order valence-electron chi connectivity index (χ4n) is 1.20. The van der Waals surface area contributed by atoms with Gasteiger partial charge in [-0.05, 0) is 22.4 Å². The molecular weight excluding hydrogens is 291 g/mol. The molecular formula is C10H8Cl2N6O. The number of nitrogen functional groups attached to an aromatic ring is 1. The first-order valence-corrected chi connectivity index (χ1v) is 5.74. The van der Waals surface area contributed by atoms with Crippen molar-refractivity contribution in [2.24, 2.45) is 15.9 Å². The van der Waals surface area contributed by atoms with Crippen molar-refractivity contribution in [3.63, 3.8) is 0 Å². The van der Waals surface area contributed by atoms with Crippen LogP contribution in [0, 0.1) is 0 Å². The molecule has 2 aromatic rings. The number of amidine groups is 1. The van der Waals surface area contributed by atoms with Crippen LogP contribution in [0.15, 0.2) is 33.0 Å². The summed E-state index contributed by atoms with van der Waals surface area (Å²) >= 11 is 11.9. The molecule has 0 unspecified atom stereocenters. The van der Waals surface area contributed by atoms with Crippen molar-refractivity contribution in [2.75, 3.05) is 5.73 Å². The smallest absolute Gasteiger partial charge is 0.199 e. The van der Waals surface area contributed by atoms with Crippen molar-refractivity contribution in [1.82, 2.24) is 10.3 Å². The summed E-state index contributed by atoms with van der Waals surface area (Å²) in [6, 6.07) is 5.09. The maximum atomic E-state index is 5.96. The van der Waals surface area contributed by atoms with Gasteiger partial charge in [0.25, 0.3) is 0 Å². The Morgan fingerprint density at radius 3 is 2.53 bits per heavy atom. The third-order valence-electron chi connectivity index (χ3n) is 2.11. The Kier molecular flexibility index (Phi) is 3.98. The first-order valence-electron chi connectivity index (χ1n) is 4.98. The Labute approximate surface area is 117 Å². The number of rotatable bonds is 3. The zero-order valence-electron chi connectivity index (χ0n) is 9.42. The van der Waals surface area contributed by atoms with Crippen LogP contribution in [0.1, 0.15) is 11.3 Å². The lowest BCUT2D eigenvalue weighted by atomic mass is 10.2. The van der Waals surface area contributed by atoms with Crippen molar-refractivity contribution in [3.05, 3.63) is 39.5 Å². The molecule has 98 valence electrons. The lowest BCUT2D eigenvalue weighted by molar-refractivity contribution is 0.308. The van der Waals surface area contributed by atoms with Gasteiger partial charge in [-0.15, -0.1) is 5.10 Å². The van der Waals surface area contributed by atoms with Gasteiger partial charge in [-0.2, -0.15) is 5.10 Å². The van der Waals surface area contributed by atoms with Gasteiger partial charge in [0.1, 0.15) is 0 Å². The average Bonchev–Trinajstić information content (AvgIpc) is 2.79. The van der Waals surface area contributed by atoms with E-state index in [1.54, 1.807) is 18.2 Å². The molecule has 0 saturated heterocycles. The summed E-state index contributed by atoms with van der Waals surface area (Å²) < 4.78 is 4.39. The second kappa shape index (κ2) is 5.68. The number of hydrogen-bond donors (Lipinski definition) is 2. The van der Waals surface area contributed by atoms with Gasteiger partial charge in [-0.3, -0.25) is 0 Å². The minimum absolute atomic E-state index is 0.0295. The maximum Gasteiger partial charge on any atom is 0.199 e. The molecule has 1 heterocycles. The van der Waals surface area contributed by atoms with Crippen LogP contribution >= 0.6 is 23.2 Å². The number of nitrogens with two attached hydrogens (primary N) is 2. The predicted octanol–water partition coefficient (Wildman–Crippen LogP) is 1.70. The van der Waals surface area contributed by atoms with Gasteiger partial charge in [0.2, 0.25) is 0 Å². The second-order valence-corrected chi connectivity index (χ2v) is 4.18. The van der Waals surface area contributed by atoms with E-state index >= 15 is 0 Å². The fraction of sp³-hybridized carbons (Fsp3) is 0. The molecule has 4 N–H and O–H groups in total. The topological polar surface area (TPSA) is 116 Å². The maximum absolute atomic E-state index is 5.96. The molecule has 0 aliphatic heterocycles. The van der Waals surface area contributed by atoms with Crippen LogP contribution in [0.3, 0.4) is 0 Å². The molecule has 1 aromatic heterocycles. The molecule has 2 rings (SSSR count). The van der Waals surface area contributed by atoms with Gasteiger partial charge in [-0.1, -0.05) is 29.3 Å². The summed E-state index contributed by atoms with van der Waals surface area (Å²) in [7, 11) is 0. The van der Waals surface area contributed by atoms with Gasteiger partial charge in [-0.25, -0.2) is 4.63 Å². The van der Waals surface area contributed by atoms with Gasteiger partial charge < -0.3 is 11.5 Å². The van der Waals surface area contributed by atoms with E-state index in [0.29, 0.717) is 15.6 Å². The highest BCUT2D eigenvalue weighted by molar-refractivity contribution is 6.38. The number of halogens is 2. The number of hydrogen-bond acceptors (Lipinski definition) is 6. The number of aromatic nitrogens is 2. The highest BCUT2D eigenvalue weighted by Crippen LogP contribution is 2.22. The average molecular weight is 299 g/mol. The summed E-state index contributed by atoms with van der Waals surface area (Å²) in [6.45, 7) is 0. The van der Waals surface area contributed by atoms with Crippen LogP contribution in [0.5, 0.6) is 0 Å². The standard InChI is InChI=1S/C10H8Cl2N6O/c11-6-2-1-3-7(12)5(6)4-15-16-9(13)8-10(14)18-19-17-8/h1-4H,(H2,13,16)(H2,14,18)/b15-4-. The van der Waals surface area contributed by atoms with Crippen molar-refractivity contribution in [1.29, 1.82) is 0 Å². The number of anilines is 1. The van der Waals surface area contributed by atoms with E-state index in [1.165, 1.54) is 6.21 Å². The summed E-state index contributed by atoms with van der Waals surface area (Å²) in [5.41, 5.74) is 11.7. The molecule has 0 spiro atoms. The minimum atomic E-state index is -0.0295. The predicted molar refractivity (Wildman–Crippen MR) is 73.5 cm³/mol. The number of nitrogens with zero attached hydrogens (tertiary/aromatic N) is 4. The first-order chi connectivity index (χ1) is 9.09. The number of benzene rings is 1. The van der Waals surface area contributed by atoms with Crippen LogP contribution < -0.4 is 11.5 Å². The molecule has 0 fully saturated rings. The lowest BCUT2D eigenvalue weighted by Gasteiger charge is -1.98. The molecule has 0 bridgehead atoms. The van der Waals surface area contributed by atoms with E-state index in [-0.39, 0.29) is 17.3 Å². The van der Waals surface area contributed by atoms with E-state index in [0.717, 1.165) is 0 Å². The quantitative estimate of drug-likeness (QED) is 0.508. The molecule has 7 nitrogen and oxygen atoms in total. The molecule has 1 aromatic carbocycles. The summed E-state index contributed by atoms with van der Waals surface area (Å²) in [5.74, 6) is 0.00500. The van der Waals surface area contributed by atoms with Crippen molar-refractivity contribution < 1.29 is 4.63 Å². The Bertz CT molecular complexity index is 631. The van der Waals surface area contributed by atoms with Crippen LogP contribution in [0.4, 0.5) is 5.82 Å². The van der Waals surface area contributed by atoms with E-state index < -0.39 is 0 Å². The first kappa shape index (κ1) is 13.3. The van der Waals surface area contributed by atoms with Crippen LogP contribution in [-0.2, 0) is 0 Å². The molecule has 9 heteroatoms. The van der Waals surface area contributed by atoms with E-state index in [1.807, 2.05) is 0 Å². The van der Waals surface area contributed by atoms with Crippen LogP contribution in [0.2, 0.25) is 10.0 Å². The van der Waals surface area contributed by atoms with Crippen LogP contribution in [-0.4, -0.2) is 22.4 Å². The fourth-order valence-corrected chi connectivity index (χ4v) is 1.70. The van der Waals surface area contributed by atoms with E-state index in [2.05, 4.69) is 25.1 Å². The Hall–Kier alpha value is -2.12. The second-order valence-electron chi connectivity index (χ2n) is 3.36. The molecule has 19 heavy (non-hydrogen) atoms. The Morgan fingerprint density at radius 1 is 1.26 bits per heavy atom. The Balaban J connectivity index is 2.23. The lowest BCUT2D eigenvalue weighted by Crippen LogP contribution is -2.15. The third kappa shape index (κ3) is 3.01. The highest BCUT2D eigenvalue weighted by atomic mass is 35.5. The summed E-state index contributed by atoms with van der Waals surface area (Å²) in [5, 5.41) is 15.2. The molecule has 0 amide bonds. The third-order valence-corrected chi connectivity index (χ3v) is 2.77. The van der Waals surface area contributed by atoms with Crippen LogP contribution in [0.25, 0.3) is 0 Å². The summed E-state index contributed by atoms with van der Waals surface area (Å²) in [6.07, 6.45) is 1.38. The van der Waals surface area contributed by atoms with Gasteiger partial charge >= 0.3 is 0 Å². The Morgan fingerprint density at radius 2 is 1.95 bits per heavy atom. The van der Waals surface area contributed by atoms with Crippen molar-refractivity contribution in [3.8, 4) is 0 Å². The molecule has 0 saturated carbocycles. The van der Waals surface area contributed by atoms with Crippen molar-refractivity contribution in [2.45, 2.75) is 0 Å².